The van der Waals surface area contributed by atoms with E-state index in [9.17, 15) is 0 Å². The van der Waals surface area contributed by atoms with Crippen LogP contribution in [0.25, 0.3) is 10.2 Å². The third-order valence-electron chi connectivity index (χ3n) is 3.78. The second-order valence-electron chi connectivity index (χ2n) is 6.04. The Morgan fingerprint density at radius 1 is 1.19 bits per heavy atom. The van der Waals surface area contributed by atoms with Crippen LogP contribution in [-0.2, 0) is 6.54 Å². The van der Waals surface area contributed by atoms with Crippen molar-refractivity contribution in [2.24, 2.45) is 5.92 Å². The van der Waals surface area contributed by atoms with Gasteiger partial charge >= 0.3 is 0 Å². The van der Waals surface area contributed by atoms with Gasteiger partial charge < -0.3 is 4.90 Å². The maximum atomic E-state index is 6.23. The van der Waals surface area contributed by atoms with Gasteiger partial charge in [-0.25, -0.2) is 9.97 Å². The number of nitrogens with zero attached hydrogens (tertiary/aromatic N) is 4. The highest BCUT2D eigenvalue weighted by molar-refractivity contribution is 7.16. The number of fused-ring (bicyclic) bond motifs is 1. The van der Waals surface area contributed by atoms with Crippen molar-refractivity contribution < 1.29 is 0 Å². The summed E-state index contributed by atoms with van der Waals surface area (Å²) in [7, 11) is 0. The van der Waals surface area contributed by atoms with Gasteiger partial charge in [0.25, 0.3) is 0 Å². The van der Waals surface area contributed by atoms with Gasteiger partial charge in [-0.15, -0.1) is 11.3 Å². The van der Waals surface area contributed by atoms with E-state index < -0.39 is 0 Å². The third kappa shape index (κ3) is 3.72. The smallest absolute Gasteiger partial charge is 0.145 e. The van der Waals surface area contributed by atoms with Crippen LogP contribution in [-0.4, -0.2) is 52.5 Å². The molecule has 0 bridgehead atoms. The van der Waals surface area contributed by atoms with Crippen molar-refractivity contribution in [1.29, 1.82) is 0 Å². The van der Waals surface area contributed by atoms with Crippen molar-refractivity contribution in [3.05, 3.63) is 22.4 Å². The number of aromatic nitrogens is 2. The summed E-state index contributed by atoms with van der Waals surface area (Å²) in [4.78, 5) is 15.0. The van der Waals surface area contributed by atoms with Crippen LogP contribution >= 0.6 is 22.9 Å². The summed E-state index contributed by atoms with van der Waals surface area (Å²) < 4.78 is 0. The second kappa shape index (κ2) is 6.57. The summed E-state index contributed by atoms with van der Waals surface area (Å²) in [5, 5.41) is 3.56. The molecule has 114 valence electrons. The highest BCUT2D eigenvalue weighted by atomic mass is 35.5. The van der Waals surface area contributed by atoms with Crippen LogP contribution in [0.3, 0.4) is 0 Å². The van der Waals surface area contributed by atoms with Crippen LogP contribution in [0.2, 0.25) is 5.15 Å². The first-order valence-electron chi connectivity index (χ1n) is 7.46. The van der Waals surface area contributed by atoms with Gasteiger partial charge in [0, 0.05) is 38.1 Å². The molecule has 1 fully saturated rings. The fourth-order valence-corrected chi connectivity index (χ4v) is 3.87. The van der Waals surface area contributed by atoms with E-state index in [2.05, 4.69) is 33.6 Å². The highest BCUT2D eigenvalue weighted by Crippen LogP contribution is 2.25. The van der Waals surface area contributed by atoms with Crippen molar-refractivity contribution >= 4 is 33.2 Å². The lowest BCUT2D eigenvalue weighted by Gasteiger charge is -2.35. The predicted octanol–water partition coefficient (Wildman–Crippen LogP) is 3.12. The highest BCUT2D eigenvalue weighted by Gasteiger charge is 2.19. The molecule has 1 saturated heterocycles. The zero-order valence-corrected chi connectivity index (χ0v) is 14.1. The Hall–Kier alpha value is -0.750. The summed E-state index contributed by atoms with van der Waals surface area (Å²) in [5.74, 6) is 1.58. The fourth-order valence-electron chi connectivity index (χ4n) is 2.78. The van der Waals surface area contributed by atoms with E-state index in [4.69, 9.17) is 11.6 Å². The molecule has 0 amide bonds. The Bertz CT molecular complexity index is 605. The molecule has 0 N–H and O–H groups in total. The van der Waals surface area contributed by atoms with Gasteiger partial charge in [0.15, 0.2) is 0 Å². The van der Waals surface area contributed by atoms with Gasteiger partial charge in [-0.3, -0.25) is 4.90 Å². The van der Waals surface area contributed by atoms with Crippen molar-refractivity contribution in [3.8, 4) is 0 Å². The molecule has 0 aliphatic carbocycles. The van der Waals surface area contributed by atoms with Crippen molar-refractivity contribution in [1.82, 2.24) is 19.8 Å². The van der Waals surface area contributed by atoms with Gasteiger partial charge in [0.1, 0.15) is 15.8 Å². The van der Waals surface area contributed by atoms with E-state index in [0.717, 1.165) is 54.7 Å². The first-order valence-corrected chi connectivity index (χ1v) is 8.72. The monoisotopic (exact) mass is 324 g/mol. The Kier molecular flexibility index (Phi) is 4.74. The Morgan fingerprint density at radius 2 is 1.90 bits per heavy atom. The lowest BCUT2D eigenvalue weighted by molar-refractivity contribution is 0.115. The maximum Gasteiger partial charge on any atom is 0.145 e. The third-order valence-corrected chi connectivity index (χ3v) is 4.87. The van der Waals surface area contributed by atoms with Gasteiger partial charge in [-0.1, -0.05) is 25.4 Å². The summed E-state index contributed by atoms with van der Waals surface area (Å²) >= 11 is 7.85. The van der Waals surface area contributed by atoms with Crippen molar-refractivity contribution in [3.63, 3.8) is 0 Å². The average Bonchev–Trinajstić information content (AvgIpc) is 2.89. The topological polar surface area (TPSA) is 32.3 Å². The molecule has 0 radical (unpaired) electrons. The Balaban J connectivity index is 1.61. The quantitative estimate of drug-likeness (QED) is 0.809. The number of rotatable bonds is 4. The Labute approximate surface area is 134 Å². The van der Waals surface area contributed by atoms with E-state index in [-0.39, 0.29) is 0 Å². The zero-order valence-electron chi connectivity index (χ0n) is 12.5. The first kappa shape index (κ1) is 15.2. The molecule has 6 heteroatoms. The van der Waals surface area contributed by atoms with E-state index in [1.54, 1.807) is 11.3 Å². The van der Waals surface area contributed by atoms with Crippen LogP contribution in [0.1, 0.15) is 19.7 Å². The number of hydrogen-bond donors (Lipinski definition) is 0. The molecule has 3 rings (SSSR count). The van der Waals surface area contributed by atoms with Gasteiger partial charge in [-0.2, -0.15) is 0 Å². The van der Waals surface area contributed by atoms with Crippen molar-refractivity contribution in [2.75, 3.05) is 32.7 Å². The SMILES string of the molecule is CC(C)CN1CCN(Cc2nc(Cl)c3ccsc3n2)CC1. The number of hydrogen-bond acceptors (Lipinski definition) is 5. The molecule has 0 unspecified atom stereocenters. The zero-order chi connectivity index (χ0) is 14.8. The van der Waals surface area contributed by atoms with Crippen LogP contribution in [0.15, 0.2) is 11.4 Å². The molecule has 0 saturated carbocycles. The minimum Gasteiger partial charge on any atom is -0.301 e. The molecule has 2 aromatic rings. The standard InChI is InChI=1S/C15H21ClN4S/c1-11(2)9-19-4-6-20(7-5-19)10-13-17-14(16)12-3-8-21-15(12)18-13/h3,8,11H,4-7,9-10H2,1-2H3. The molecular formula is C15H21ClN4S. The summed E-state index contributed by atoms with van der Waals surface area (Å²) in [5.41, 5.74) is 0. The number of thiophene rings is 1. The molecule has 0 aromatic carbocycles. The van der Waals surface area contributed by atoms with E-state index >= 15 is 0 Å². The van der Waals surface area contributed by atoms with Gasteiger partial charge in [0.05, 0.1) is 6.54 Å². The van der Waals surface area contributed by atoms with E-state index in [1.165, 1.54) is 6.54 Å². The second-order valence-corrected chi connectivity index (χ2v) is 7.29. The minimum absolute atomic E-state index is 0.578. The Morgan fingerprint density at radius 3 is 2.62 bits per heavy atom. The van der Waals surface area contributed by atoms with Crippen LogP contribution in [0.5, 0.6) is 0 Å². The van der Waals surface area contributed by atoms with Crippen LogP contribution in [0, 0.1) is 5.92 Å². The fraction of sp³-hybridized carbons (Fsp3) is 0.600. The number of piperazine rings is 1. The number of halogens is 1. The summed E-state index contributed by atoms with van der Waals surface area (Å²) in [6.45, 7) is 11.0. The molecule has 4 nitrogen and oxygen atoms in total. The summed E-state index contributed by atoms with van der Waals surface area (Å²) in [6, 6.07) is 1.98. The van der Waals surface area contributed by atoms with Gasteiger partial charge in [0.2, 0.25) is 0 Å². The van der Waals surface area contributed by atoms with E-state index in [0.29, 0.717) is 5.15 Å². The lowest BCUT2D eigenvalue weighted by atomic mass is 10.2. The molecule has 1 aliphatic heterocycles. The molecule has 0 spiro atoms. The average molecular weight is 325 g/mol. The molecule has 0 atom stereocenters. The largest absolute Gasteiger partial charge is 0.301 e. The van der Waals surface area contributed by atoms with Crippen LogP contribution < -0.4 is 0 Å². The normalized spacial score (nSPS) is 17.9. The van der Waals surface area contributed by atoms with Gasteiger partial charge in [-0.05, 0) is 17.4 Å². The maximum absolute atomic E-state index is 6.23. The summed E-state index contributed by atoms with van der Waals surface area (Å²) in [6.07, 6.45) is 0. The molecule has 1 aliphatic rings. The molecule has 3 heterocycles. The molecular weight excluding hydrogens is 304 g/mol. The first-order chi connectivity index (χ1) is 10.1. The molecule has 2 aromatic heterocycles. The van der Waals surface area contributed by atoms with E-state index in [1.807, 2.05) is 11.4 Å². The molecule has 21 heavy (non-hydrogen) atoms. The lowest BCUT2D eigenvalue weighted by Crippen LogP contribution is -2.47. The predicted molar refractivity (Wildman–Crippen MR) is 89.0 cm³/mol. The van der Waals surface area contributed by atoms with Crippen molar-refractivity contribution in [2.45, 2.75) is 20.4 Å². The van der Waals surface area contributed by atoms with Crippen LogP contribution in [0.4, 0.5) is 0 Å². The minimum atomic E-state index is 0.578.